The van der Waals surface area contributed by atoms with Crippen LogP contribution in [0.5, 0.6) is 23.0 Å². The summed E-state index contributed by atoms with van der Waals surface area (Å²) in [6.07, 6.45) is 0. The number of hydrogen-bond donors (Lipinski definition) is 4. The molecular weight excluding hydrogens is 244 g/mol. The Hall–Kier alpha value is -2.36. The second-order valence-electron chi connectivity index (χ2n) is 5.10. The lowest BCUT2D eigenvalue weighted by Crippen LogP contribution is -2.18. The van der Waals surface area contributed by atoms with Crippen LogP contribution in [0.1, 0.15) is 25.0 Å². The molecule has 0 saturated carbocycles. The molecule has 0 saturated heterocycles. The molecule has 0 fully saturated rings. The Morgan fingerprint density at radius 3 is 1.11 bits per heavy atom. The topological polar surface area (TPSA) is 80.9 Å². The van der Waals surface area contributed by atoms with Crippen molar-refractivity contribution in [1.29, 1.82) is 0 Å². The molecule has 4 nitrogen and oxygen atoms in total. The zero-order chi connectivity index (χ0) is 14.2. The van der Waals surface area contributed by atoms with Crippen LogP contribution < -0.4 is 0 Å². The molecule has 0 heterocycles. The summed E-state index contributed by atoms with van der Waals surface area (Å²) in [5, 5.41) is 38.2. The summed E-state index contributed by atoms with van der Waals surface area (Å²) in [5.41, 5.74) is 0.761. The van der Waals surface area contributed by atoms with Gasteiger partial charge in [0.25, 0.3) is 0 Å². The molecule has 0 amide bonds. The Morgan fingerprint density at radius 1 is 0.579 bits per heavy atom. The van der Waals surface area contributed by atoms with Crippen molar-refractivity contribution in [3.63, 3.8) is 0 Å². The van der Waals surface area contributed by atoms with Gasteiger partial charge in [-0.2, -0.15) is 0 Å². The van der Waals surface area contributed by atoms with Crippen molar-refractivity contribution in [2.24, 2.45) is 0 Å². The second kappa shape index (κ2) is 4.39. The van der Waals surface area contributed by atoms with E-state index in [0.717, 1.165) is 0 Å². The monoisotopic (exact) mass is 260 g/mol. The molecule has 0 atom stereocenters. The first kappa shape index (κ1) is 13.1. The lowest BCUT2D eigenvalue weighted by atomic mass is 9.78. The highest BCUT2D eigenvalue weighted by Gasteiger charge is 2.25. The first-order valence-corrected chi connectivity index (χ1v) is 5.86. The van der Waals surface area contributed by atoms with E-state index >= 15 is 0 Å². The van der Waals surface area contributed by atoms with Crippen molar-refractivity contribution in [1.82, 2.24) is 0 Å². The van der Waals surface area contributed by atoms with Crippen LogP contribution in [-0.4, -0.2) is 20.4 Å². The summed E-state index contributed by atoms with van der Waals surface area (Å²) in [5.74, 6) is -0.139. The van der Waals surface area contributed by atoms with E-state index in [1.165, 1.54) is 12.1 Å². The van der Waals surface area contributed by atoms with Crippen molar-refractivity contribution in [2.75, 3.05) is 0 Å². The summed E-state index contributed by atoms with van der Waals surface area (Å²) in [7, 11) is 0. The molecule has 0 unspecified atom stereocenters. The Bertz CT molecular complexity index is 524. The van der Waals surface area contributed by atoms with E-state index in [1.54, 1.807) is 24.3 Å². The van der Waals surface area contributed by atoms with Gasteiger partial charge in [0.15, 0.2) is 0 Å². The van der Waals surface area contributed by atoms with Crippen LogP contribution in [0.3, 0.4) is 0 Å². The van der Waals surface area contributed by atoms with E-state index in [0.29, 0.717) is 11.1 Å². The molecule has 19 heavy (non-hydrogen) atoms. The normalized spacial score (nSPS) is 11.5. The molecule has 0 bridgehead atoms. The Labute approximate surface area is 111 Å². The molecule has 0 radical (unpaired) electrons. The maximum absolute atomic E-state index is 9.55. The van der Waals surface area contributed by atoms with Gasteiger partial charge in [-0.3, -0.25) is 0 Å². The first-order chi connectivity index (χ1) is 8.79. The van der Waals surface area contributed by atoms with Crippen molar-refractivity contribution in [3.8, 4) is 23.0 Å². The summed E-state index contributed by atoms with van der Waals surface area (Å²) < 4.78 is 0. The third-order valence-corrected chi connectivity index (χ3v) is 3.25. The average Bonchev–Trinajstić information content (AvgIpc) is 2.26. The fourth-order valence-corrected chi connectivity index (χ4v) is 2.08. The largest absolute Gasteiger partial charge is 0.508 e. The third kappa shape index (κ3) is 2.57. The van der Waals surface area contributed by atoms with Crippen molar-refractivity contribution in [2.45, 2.75) is 19.3 Å². The highest BCUT2D eigenvalue weighted by molar-refractivity contribution is 5.48. The second-order valence-corrected chi connectivity index (χ2v) is 5.10. The van der Waals surface area contributed by atoms with Gasteiger partial charge >= 0.3 is 0 Å². The van der Waals surface area contributed by atoms with Crippen molar-refractivity contribution >= 4 is 0 Å². The van der Waals surface area contributed by atoms with Crippen molar-refractivity contribution in [3.05, 3.63) is 47.5 Å². The Morgan fingerprint density at radius 2 is 0.842 bits per heavy atom. The maximum Gasteiger partial charge on any atom is 0.119 e. The van der Waals surface area contributed by atoms with Crippen LogP contribution in [-0.2, 0) is 5.41 Å². The summed E-state index contributed by atoms with van der Waals surface area (Å²) in [6.45, 7) is 3.74. The van der Waals surface area contributed by atoms with Crippen LogP contribution in [0.2, 0.25) is 0 Å². The molecule has 0 aliphatic heterocycles. The molecule has 2 aromatic carbocycles. The number of phenols is 4. The summed E-state index contributed by atoms with van der Waals surface area (Å²) in [6, 6.07) is 8.67. The predicted octanol–water partition coefficient (Wildman–Crippen LogP) is 2.83. The Balaban J connectivity index is 2.57. The van der Waals surface area contributed by atoms with Crippen LogP contribution in [0.4, 0.5) is 0 Å². The molecule has 0 aromatic heterocycles. The molecule has 2 rings (SSSR count). The standard InChI is InChI=1S/C15H16O4/c1-15(2,9-3-11(16)7-12(17)4-9)10-5-13(18)8-14(19)6-10/h3-8,16-19H,1-2H3. The lowest BCUT2D eigenvalue weighted by molar-refractivity contribution is 0.442. The van der Waals surface area contributed by atoms with Gasteiger partial charge in [-0.25, -0.2) is 0 Å². The quantitative estimate of drug-likeness (QED) is 0.669. The first-order valence-electron chi connectivity index (χ1n) is 5.86. The van der Waals surface area contributed by atoms with Crippen LogP contribution in [0.15, 0.2) is 36.4 Å². The zero-order valence-electron chi connectivity index (χ0n) is 10.8. The minimum Gasteiger partial charge on any atom is -0.508 e. The molecule has 2 aromatic rings. The molecule has 0 aliphatic rings. The fourth-order valence-electron chi connectivity index (χ4n) is 2.08. The molecule has 100 valence electrons. The number of benzene rings is 2. The minimum absolute atomic E-state index is 0.0348. The van der Waals surface area contributed by atoms with Gasteiger partial charge in [0.1, 0.15) is 23.0 Å². The van der Waals surface area contributed by atoms with E-state index in [9.17, 15) is 20.4 Å². The zero-order valence-corrected chi connectivity index (χ0v) is 10.8. The van der Waals surface area contributed by atoms with E-state index in [4.69, 9.17) is 0 Å². The molecule has 4 heteroatoms. The third-order valence-electron chi connectivity index (χ3n) is 3.25. The maximum atomic E-state index is 9.55. The van der Waals surface area contributed by atoms with Crippen LogP contribution in [0, 0.1) is 0 Å². The van der Waals surface area contributed by atoms with Gasteiger partial charge in [-0.15, -0.1) is 0 Å². The van der Waals surface area contributed by atoms with Gasteiger partial charge in [-0.1, -0.05) is 13.8 Å². The number of phenolic OH excluding ortho intramolecular Hbond substituents is 4. The Kier molecular flexibility index (Phi) is 3.02. The number of hydrogen-bond acceptors (Lipinski definition) is 4. The minimum atomic E-state index is -0.591. The smallest absolute Gasteiger partial charge is 0.119 e. The van der Waals surface area contributed by atoms with Crippen LogP contribution >= 0.6 is 0 Å². The van der Waals surface area contributed by atoms with E-state index in [2.05, 4.69) is 0 Å². The number of rotatable bonds is 2. The highest BCUT2D eigenvalue weighted by atomic mass is 16.3. The van der Waals surface area contributed by atoms with Gasteiger partial charge < -0.3 is 20.4 Å². The molecule has 4 N–H and O–H groups in total. The molecule has 0 spiro atoms. The van der Waals surface area contributed by atoms with Gasteiger partial charge in [0, 0.05) is 17.5 Å². The van der Waals surface area contributed by atoms with Gasteiger partial charge in [0.05, 0.1) is 0 Å². The van der Waals surface area contributed by atoms with Gasteiger partial charge in [0.2, 0.25) is 0 Å². The molecule has 0 aliphatic carbocycles. The van der Waals surface area contributed by atoms with Crippen LogP contribution in [0.25, 0.3) is 0 Å². The van der Waals surface area contributed by atoms with E-state index < -0.39 is 5.41 Å². The van der Waals surface area contributed by atoms with E-state index in [-0.39, 0.29) is 23.0 Å². The average molecular weight is 260 g/mol. The molecular formula is C15H16O4. The highest BCUT2D eigenvalue weighted by Crippen LogP contribution is 2.38. The fraction of sp³-hybridized carbons (Fsp3) is 0.200. The SMILES string of the molecule is CC(C)(c1cc(O)cc(O)c1)c1cc(O)cc(O)c1. The number of aromatic hydroxyl groups is 4. The summed E-state index contributed by atoms with van der Waals surface area (Å²) >= 11 is 0. The summed E-state index contributed by atoms with van der Waals surface area (Å²) in [4.78, 5) is 0. The predicted molar refractivity (Wildman–Crippen MR) is 71.7 cm³/mol. The van der Waals surface area contributed by atoms with Gasteiger partial charge in [-0.05, 0) is 35.4 Å². The van der Waals surface area contributed by atoms with Crippen molar-refractivity contribution < 1.29 is 20.4 Å². The van der Waals surface area contributed by atoms with E-state index in [1.807, 2.05) is 13.8 Å². The lowest BCUT2D eigenvalue weighted by Gasteiger charge is -2.26.